The average molecular weight is 439 g/mol. The van der Waals surface area contributed by atoms with Crippen LogP contribution in [-0.2, 0) is 10.0 Å². The van der Waals surface area contributed by atoms with Gasteiger partial charge in [-0.25, -0.2) is 12.8 Å². The number of hydrogen-bond acceptors (Lipinski definition) is 4. The summed E-state index contributed by atoms with van der Waals surface area (Å²) < 4.78 is 42.9. The molecule has 2 aliphatic heterocycles. The predicted octanol–water partition coefficient (Wildman–Crippen LogP) is 4.03. The zero-order chi connectivity index (χ0) is 21.6. The van der Waals surface area contributed by atoms with E-state index in [2.05, 4.69) is 5.32 Å². The molecule has 5 rings (SSSR count). The van der Waals surface area contributed by atoms with Crippen LogP contribution in [0.25, 0.3) is 11.1 Å². The number of aliphatic hydroxyl groups excluding tert-OH is 1. The van der Waals surface area contributed by atoms with Gasteiger partial charge in [-0.15, -0.1) is 0 Å². The lowest BCUT2D eigenvalue weighted by molar-refractivity contribution is 0.210. The van der Waals surface area contributed by atoms with Crippen LogP contribution in [0.5, 0.6) is 0 Å². The topological polar surface area (TPSA) is 69.6 Å². The second kappa shape index (κ2) is 7.75. The lowest BCUT2D eigenvalue weighted by Crippen LogP contribution is -2.42. The van der Waals surface area contributed by atoms with Gasteiger partial charge in [0.1, 0.15) is 5.82 Å². The van der Waals surface area contributed by atoms with E-state index in [4.69, 9.17) is 0 Å². The Morgan fingerprint density at radius 3 is 2.52 bits per heavy atom. The molecule has 2 heterocycles. The zero-order valence-corrected chi connectivity index (χ0v) is 17.6. The highest BCUT2D eigenvalue weighted by Crippen LogP contribution is 2.49. The first-order valence-corrected chi connectivity index (χ1v) is 11.8. The number of hydrogen-bond donors (Lipinski definition) is 2. The molecule has 2 N–H and O–H groups in total. The van der Waals surface area contributed by atoms with E-state index in [0.29, 0.717) is 24.1 Å². The second-order valence-electron chi connectivity index (χ2n) is 8.04. The number of fused-ring (bicyclic) bond motifs is 3. The summed E-state index contributed by atoms with van der Waals surface area (Å²) in [4.78, 5) is 0.251. The number of halogens is 1. The van der Waals surface area contributed by atoms with Crippen molar-refractivity contribution in [3.8, 4) is 11.1 Å². The van der Waals surface area contributed by atoms with E-state index in [1.165, 1.54) is 6.07 Å². The summed E-state index contributed by atoms with van der Waals surface area (Å²) in [6.07, 6.45) is 0.637. The van der Waals surface area contributed by atoms with Crippen molar-refractivity contribution in [3.05, 3.63) is 84.2 Å². The van der Waals surface area contributed by atoms with Crippen molar-refractivity contribution in [2.75, 3.05) is 18.5 Å². The highest BCUT2D eigenvalue weighted by Gasteiger charge is 2.48. The Kier molecular flexibility index (Phi) is 5.04. The van der Waals surface area contributed by atoms with Gasteiger partial charge in [0.25, 0.3) is 0 Å². The zero-order valence-electron chi connectivity index (χ0n) is 16.8. The second-order valence-corrected chi connectivity index (χ2v) is 9.93. The Hall–Kier alpha value is -2.74. The fourth-order valence-electron chi connectivity index (χ4n) is 4.88. The molecule has 3 atom stereocenters. The quantitative estimate of drug-likeness (QED) is 0.645. The standard InChI is InChI=1S/C24H23FN2O3S/c25-21-9-5-4-8-18(21)16-10-11-22-20(14-16)24-19(23(15-28)26-22)12-13-27(24)31(29,30)17-6-2-1-3-7-17/h1-11,14,19,23-24,26,28H,12-13,15H2/t19-,23+,24-/m1/s1. The maximum Gasteiger partial charge on any atom is 0.243 e. The van der Waals surface area contributed by atoms with Crippen LogP contribution in [0.15, 0.2) is 77.7 Å². The molecule has 7 heteroatoms. The van der Waals surface area contributed by atoms with E-state index >= 15 is 0 Å². The van der Waals surface area contributed by atoms with Crippen molar-refractivity contribution in [2.24, 2.45) is 5.92 Å². The van der Waals surface area contributed by atoms with Crippen LogP contribution < -0.4 is 5.32 Å². The van der Waals surface area contributed by atoms with Crippen LogP contribution in [0.1, 0.15) is 18.0 Å². The SMILES string of the molecule is O=S(=O)(c1ccccc1)N1CC[C@@H]2[C@H](CO)Nc3ccc(-c4ccccc4F)cc3[C@@H]21. The molecule has 0 radical (unpaired) electrons. The van der Waals surface area contributed by atoms with E-state index in [1.54, 1.807) is 52.8 Å². The molecule has 160 valence electrons. The molecule has 0 aliphatic carbocycles. The van der Waals surface area contributed by atoms with Gasteiger partial charge < -0.3 is 10.4 Å². The first kappa shape index (κ1) is 20.2. The Morgan fingerprint density at radius 1 is 1.03 bits per heavy atom. The Morgan fingerprint density at radius 2 is 1.77 bits per heavy atom. The highest BCUT2D eigenvalue weighted by molar-refractivity contribution is 7.89. The molecule has 1 fully saturated rings. The Balaban J connectivity index is 1.64. The summed E-state index contributed by atoms with van der Waals surface area (Å²) in [5.74, 6) is -0.400. The van der Waals surface area contributed by atoms with Crippen LogP contribution in [-0.4, -0.2) is 37.0 Å². The first-order chi connectivity index (χ1) is 15.0. The highest BCUT2D eigenvalue weighted by atomic mass is 32.2. The monoisotopic (exact) mass is 438 g/mol. The molecule has 0 unspecified atom stereocenters. The largest absolute Gasteiger partial charge is 0.394 e. The normalized spacial score (nSPS) is 23.1. The molecule has 3 aromatic carbocycles. The van der Waals surface area contributed by atoms with Crippen LogP contribution in [0, 0.1) is 11.7 Å². The lowest BCUT2D eigenvalue weighted by atomic mass is 9.82. The predicted molar refractivity (Wildman–Crippen MR) is 118 cm³/mol. The number of nitrogens with zero attached hydrogens (tertiary/aromatic N) is 1. The van der Waals surface area contributed by atoms with Gasteiger partial charge >= 0.3 is 0 Å². The molecule has 0 saturated carbocycles. The van der Waals surface area contributed by atoms with Crippen LogP contribution in [0.3, 0.4) is 0 Å². The van der Waals surface area contributed by atoms with Crippen molar-refractivity contribution in [1.29, 1.82) is 0 Å². The van der Waals surface area contributed by atoms with Crippen molar-refractivity contribution in [2.45, 2.75) is 23.4 Å². The molecule has 31 heavy (non-hydrogen) atoms. The number of sulfonamides is 1. The smallest absolute Gasteiger partial charge is 0.243 e. The maximum absolute atomic E-state index is 14.4. The maximum atomic E-state index is 14.4. The number of anilines is 1. The number of nitrogens with one attached hydrogen (secondary N) is 1. The molecule has 2 aliphatic rings. The molecule has 1 saturated heterocycles. The van der Waals surface area contributed by atoms with Gasteiger partial charge in [-0.1, -0.05) is 42.5 Å². The number of rotatable bonds is 4. The van der Waals surface area contributed by atoms with E-state index in [1.807, 2.05) is 18.2 Å². The molecule has 0 aromatic heterocycles. The van der Waals surface area contributed by atoms with Crippen molar-refractivity contribution in [3.63, 3.8) is 0 Å². The summed E-state index contributed by atoms with van der Waals surface area (Å²) in [5.41, 5.74) is 2.76. The molecule has 0 spiro atoms. The van der Waals surface area contributed by atoms with Gasteiger partial charge in [0, 0.05) is 23.7 Å². The van der Waals surface area contributed by atoms with Gasteiger partial charge in [0.15, 0.2) is 0 Å². The number of aliphatic hydroxyl groups is 1. The van der Waals surface area contributed by atoms with Crippen molar-refractivity contribution >= 4 is 15.7 Å². The Labute approximate surface area is 181 Å². The van der Waals surface area contributed by atoms with E-state index in [-0.39, 0.29) is 29.3 Å². The molecule has 3 aromatic rings. The number of benzene rings is 3. The summed E-state index contributed by atoms with van der Waals surface area (Å²) in [6.45, 7) is 0.281. The van der Waals surface area contributed by atoms with Gasteiger partial charge in [0.05, 0.1) is 23.6 Å². The molecule has 5 nitrogen and oxygen atoms in total. The summed E-state index contributed by atoms with van der Waals surface area (Å²) in [5, 5.41) is 13.3. The molecular weight excluding hydrogens is 415 g/mol. The van der Waals surface area contributed by atoms with Gasteiger partial charge in [-0.05, 0) is 47.9 Å². The van der Waals surface area contributed by atoms with Crippen molar-refractivity contribution < 1.29 is 17.9 Å². The fraction of sp³-hybridized carbons (Fsp3) is 0.250. The minimum atomic E-state index is -3.72. The Bertz CT molecular complexity index is 1220. The molecule has 0 amide bonds. The average Bonchev–Trinajstić information content (AvgIpc) is 3.26. The first-order valence-electron chi connectivity index (χ1n) is 10.3. The fourth-order valence-corrected chi connectivity index (χ4v) is 6.57. The minimum absolute atomic E-state index is 0.0770. The molecule has 0 bridgehead atoms. The van der Waals surface area contributed by atoms with E-state index < -0.39 is 16.1 Å². The van der Waals surface area contributed by atoms with E-state index in [9.17, 15) is 17.9 Å². The third-order valence-corrected chi connectivity index (χ3v) is 8.25. The van der Waals surface area contributed by atoms with Gasteiger partial charge in [0.2, 0.25) is 10.0 Å². The molecular formula is C24H23FN2O3S. The van der Waals surface area contributed by atoms with E-state index in [0.717, 1.165) is 11.3 Å². The summed E-state index contributed by atoms with van der Waals surface area (Å²) in [7, 11) is -3.72. The third-order valence-electron chi connectivity index (χ3n) is 6.36. The van der Waals surface area contributed by atoms with Crippen molar-refractivity contribution in [1.82, 2.24) is 4.31 Å². The third kappa shape index (κ3) is 3.33. The lowest BCUT2D eigenvalue weighted by Gasteiger charge is -2.39. The summed E-state index contributed by atoms with van der Waals surface area (Å²) in [6, 6.07) is 19.9. The summed E-state index contributed by atoms with van der Waals surface area (Å²) >= 11 is 0. The van der Waals surface area contributed by atoms with Gasteiger partial charge in [-0.2, -0.15) is 4.31 Å². The van der Waals surface area contributed by atoms with Gasteiger partial charge in [-0.3, -0.25) is 0 Å². The van der Waals surface area contributed by atoms with Crippen LogP contribution in [0.4, 0.5) is 10.1 Å². The van der Waals surface area contributed by atoms with Crippen LogP contribution in [0.2, 0.25) is 0 Å². The minimum Gasteiger partial charge on any atom is -0.394 e. The van der Waals surface area contributed by atoms with Crippen LogP contribution >= 0.6 is 0 Å².